The van der Waals surface area contributed by atoms with Crippen LogP contribution in [0.4, 0.5) is 5.69 Å². The second-order valence-corrected chi connectivity index (χ2v) is 8.43. The fourth-order valence-electron chi connectivity index (χ4n) is 3.65. The number of benzene rings is 3. The van der Waals surface area contributed by atoms with E-state index >= 15 is 0 Å². The van der Waals surface area contributed by atoms with Gasteiger partial charge in [0.15, 0.2) is 0 Å². The molecule has 0 aliphatic rings. The predicted octanol–water partition coefficient (Wildman–Crippen LogP) is 6.56. The number of hydrogen-bond donors (Lipinski definition) is 2. The molecule has 2 amide bonds. The third-order valence-corrected chi connectivity index (χ3v) is 5.85. The van der Waals surface area contributed by atoms with Crippen molar-refractivity contribution in [1.29, 1.82) is 0 Å². The second kappa shape index (κ2) is 9.63. The largest absolute Gasteiger partial charge is 0.496 e. The number of anilines is 1. The summed E-state index contributed by atoms with van der Waals surface area (Å²) in [6.45, 7) is 1.80. The molecule has 0 unspecified atom stereocenters. The van der Waals surface area contributed by atoms with Gasteiger partial charge in [-0.3, -0.25) is 9.59 Å². The SMILES string of the molecule is COc1cc2occ(-c3ccc(Cl)cc3Cl)c2cc1/C(C)=C/C(=O)Nc1cccc(C(N)=O)c1. The summed E-state index contributed by atoms with van der Waals surface area (Å²) in [5.74, 6) is -0.389. The van der Waals surface area contributed by atoms with Crippen LogP contribution in [0.25, 0.3) is 27.7 Å². The molecule has 0 aliphatic carbocycles. The molecule has 8 heteroatoms. The maximum absolute atomic E-state index is 12.7. The van der Waals surface area contributed by atoms with Crippen LogP contribution in [0.2, 0.25) is 10.0 Å². The number of nitrogens with one attached hydrogen (secondary N) is 1. The summed E-state index contributed by atoms with van der Waals surface area (Å²) < 4.78 is 11.3. The zero-order valence-electron chi connectivity index (χ0n) is 18.3. The highest BCUT2D eigenvalue weighted by atomic mass is 35.5. The Morgan fingerprint density at radius 3 is 2.56 bits per heavy atom. The van der Waals surface area contributed by atoms with Gasteiger partial charge in [0.1, 0.15) is 11.3 Å². The number of primary amides is 1. The fourth-order valence-corrected chi connectivity index (χ4v) is 4.16. The molecule has 0 aliphatic heterocycles. The second-order valence-electron chi connectivity index (χ2n) is 7.58. The van der Waals surface area contributed by atoms with Gasteiger partial charge < -0.3 is 20.2 Å². The molecule has 0 fully saturated rings. The van der Waals surface area contributed by atoms with Crippen molar-refractivity contribution in [2.75, 3.05) is 12.4 Å². The standard InChI is InChI=1S/C26H20Cl2N2O4/c1-14(8-25(31)30-17-5-3-4-15(9-17)26(29)32)19-11-20-21(13-34-24(20)12-23(19)33-2)18-7-6-16(27)10-22(18)28/h3-13H,1-2H3,(H2,29,32)(H,30,31)/b14-8+. The van der Waals surface area contributed by atoms with E-state index < -0.39 is 5.91 Å². The van der Waals surface area contributed by atoms with Gasteiger partial charge in [0, 0.05) is 50.5 Å². The van der Waals surface area contributed by atoms with E-state index in [1.165, 1.54) is 12.1 Å². The molecular formula is C26H20Cl2N2O4. The van der Waals surface area contributed by atoms with Gasteiger partial charge in [-0.2, -0.15) is 0 Å². The molecule has 3 N–H and O–H groups in total. The van der Waals surface area contributed by atoms with E-state index in [9.17, 15) is 9.59 Å². The van der Waals surface area contributed by atoms with Crippen LogP contribution in [0.1, 0.15) is 22.8 Å². The number of amides is 2. The molecule has 1 aromatic heterocycles. The number of rotatable bonds is 6. The van der Waals surface area contributed by atoms with Crippen molar-refractivity contribution in [3.63, 3.8) is 0 Å². The predicted molar refractivity (Wildman–Crippen MR) is 135 cm³/mol. The minimum absolute atomic E-state index is 0.305. The lowest BCUT2D eigenvalue weighted by molar-refractivity contribution is -0.111. The molecular weight excluding hydrogens is 475 g/mol. The highest BCUT2D eigenvalue weighted by molar-refractivity contribution is 6.36. The molecule has 172 valence electrons. The first-order valence-corrected chi connectivity index (χ1v) is 11.0. The average Bonchev–Trinajstić information content (AvgIpc) is 3.20. The van der Waals surface area contributed by atoms with Gasteiger partial charge in [-0.05, 0) is 48.9 Å². The number of furan rings is 1. The van der Waals surface area contributed by atoms with E-state index in [0.29, 0.717) is 43.8 Å². The molecule has 0 atom stereocenters. The van der Waals surface area contributed by atoms with E-state index in [0.717, 1.165) is 16.5 Å². The average molecular weight is 495 g/mol. The summed E-state index contributed by atoms with van der Waals surface area (Å²) in [5, 5.41) is 4.59. The Balaban J connectivity index is 1.71. The first-order valence-electron chi connectivity index (χ1n) is 10.2. The lowest BCUT2D eigenvalue weighted by Crippen LogP contribution is -2.13. The van der Waals surface area contributed by atoms with Crippen LogP contribution in [0.15, 0.2) is 71.4 Å². The topological polar surface area (TPSA) is 94.6 Å². The van der Waals surface area contributed by atoms with Gasteiger partial charge in [-0.25, -0.2) is 0 Å². The molecule has 4 rings (SSSR count). The van der Waals surface area contributed by atoms with Gasteiger partial charge in [0.25, 0.3) is 0 Å². The number of allylic oxidation sites excluding steroid dienone is 1. The summed E-state index contributed by atoms with van der Waals surface area (Å²) in [6, 6.07) is 15.3. The molecule has 0 saturated heterocycles. The molecule has 4 aromatic rings. The summed E-state index contributed by atoms with van der Waals surface area (Å²) >= 11 is 12.5. The lowest BCUT2D eigenvalue weighted by atomic mass is 9.99. The van der Waals surface area contributed by atoms with Crippen molar-refractivity contribution in [2.24, 2.45) is 5.73 Å². The Kier molecular flexibility index (Phi) is 6.63. The van der Waals surface area contributed by atoms with Crippen molar-refractivity contribution >= 4 is 57.2 Å². The molecule has 34 heavy (non-hydrogen) atoms. The number of methoxy groups -OCH3 is 1. The van der Waals surface area contributed by atoms with Gasteiger partial charge in [-0.1, -0.05) is 35.3 Å². The van der Waals surface area contributed by atoms with E-state index in [1.54, 1.807) is 56.7 Å². The highest BCUT2D eigenvalue weighted by Crippen LogP contribution is 2.40. The number of nitrogens with two attached hydrogens (primary N) is 1. The monoisotopic (exact) mass is 494 g/mol. The molecule has 6 nitrogen and oxygen atoms in total. The zero-order valence-corrected chi connectivity index (χ0v) is 19.8. The third-order valence-electron chi connectivity index (χ3n) is 5.30. The van der Waals surface area contributed by atoms with Crippen molar-refractivity contribution in [3.8, 4) is 16.9 Å². The number of carbonyl (C=O) groups excluding carboxylic acids is 2. The number of hydrogen-bond acceptors (Lipinski definition) is 4. The Bertz CT molecular complexity index is 1460. The summed E-state index contributed by atoms with van der Waals surface area (Å²) in [4.78, 5) is 24.0. The quantitative estimate of drug-likeness (QED) is 0.297. The van der Waals surface area contributed by atoms with Gasteiger partial charge >= 0.3 is 0 Å². The van der Waals surface area contributed by atoms with E-state index in [-0.39, 0.29) is 5.91 Å². The maximum Gasteiger partial charge on any atom is 0.248 e. The Hall–Kier alpha value is -3.74. The normalized spacial score (nSPS) is 11.5. The summed E-state index contributed by atoms with van der Waals surface area (Å²) in [6.07, 6.45) is 3.08. The van der Waals surface area contributed by atoms with Gasteiger partial charge in [0.2, 0.25) is 11.8 Å². The van der Waals surface area contributed by atoms with Crippen molar-refractivity contribution < 1.29 is 18.7 Å². The van der Waals surface area contributed by atoms with E-state index in [2.05, 4.69) is 5.32 Å². The Morgan fingerprint density at radius 1 is 1.06 bits per heavy atom. The Labute approximate surface area is 205 Å². The molecule has 0 radical (unpaired) electrons. The third kappa shape index (κ3) is 4.78. The van der Waals surface area contributed by atoms with Crippen LogP contribution in [0.3, 0.4) is 0 Å². The lowest BCUT2D eigenvalue weighted by Gasteiger charge is -2.11. The first kappa shape index (κ1) is 23.4. The highest BCUT2D eigenvalue weighted by Gasteiger charge is 2.16. The van der Waals surface area contributed by atoms with E-state index in [4.69, 9.17) is 38.1 Å². The van der Waals surface area contributed by atoms with E-state index in [1.807, 2.05) is 12.1 Å². The van der Waals surface area contributed by atoms with Crippen LogP contribution < -0.4 is 15.8 Å². The molecule has 1 heterocycles. The minimum Gasteiger partial charge on any atom is -0.496 e. The molecule has 0 saturated carbocycles. The number of ether oxygens (including phenoxy) is 1. The molecule has 3 aromatic carbocycles. The summed E-state index contributed by atoms with van der Waals surface area (Å²) in [5.41, 5.74) is 9.63. The van der Waals surface area contributed by atoms with Gasteiger partial charge in [0.05, 0.1) is 18.4 Å². The van der Waals surface area contributed by atoms with Crippen LogP contribution in [0, 0.1) is 0 Å². The summed E-state index contributed by atoms with van der Waals surface area (Å²) in [7, 11) is 1.55. The maximum atomic E-state index is 12.7. The fraction of sp³-hybridized carbons (Fsp3) is 0.0769. The Morgan fingerprint density at radius 2 is 1.85 bits per heavy atom. The first-order chi connectivity index (χ1) is 16.3. The van der Waals surface area contributed by atoms with Crippen molar-refractivity contribution in [2.45, 2.75) is 6.92 Å². The molecule has 0 spiro atoms. The minimum atomic E-state index is -0.572. The number of carbonyl (C=O) groups is 2. The zero-order chi connectivity index (χ0) is 24.4. The smallest absolute Gasteiger partial charge is 0.248 e. The van der Waals surface area contributed by atoms with Crippen molar-refractivity contribution in [3.05, 3.63) is 88.1 Å². The van der Waals surface area contributed by atoms with Gasteiger partial charge in [-0.15, -0.1) is 0 Å². The van der Waals surface area contributed by atoms with Crippen molar-refractivity contribution in [1.82, 2.24) is 0 Å². The van der Waals surface area contributed by atoms with Crippen LogP contribution in [0.5, 0.6) is 5.75 Å². The van der Waals surface area contributed by atoms with Crippen LogP contribution in [-0.2, 0) is 4.79 Å². The number of halogens is 2. The number of fused-ring (bicyclic) bond motifs is 1. The molecule has 0 bridgehead atoms. The van der Waals surface area contributed by atoms with Crippen LogP contribution >= 0.6 is 23.2 Å². The van der Waals surface area contributed by atoms with Crippen LogP contribution in [-0.4, -0.2) is 18.9 Å².